The van der Waals surface area contributed by atoms with Crippen molar-refractivity contribution in [3.8, 4) is 28.0 Å². The van der Waals surface area contributed by atoms with E-state index in [0.717, 1.165) is 22.3 Å². The molecule has 6 aromatic rings. The Hall–Kier alpha value is -4.99. The average molecular weight is 607 g/mol. The summed E-state index contributed by atoms with van der Waals surface area (Å²) >= 11 is 0. The fourth-order valence-electron chi connectivity index (χ4n) is 5.14. The predicted octanol–water partition coefficient (Wildman–Crippen LogP) is 6.24. The van der Waals surface area contributed by atoms with Crippen LogP contribution in [0.2, 0.25) is 0 Å². The molecule has 0 fully saturated rings. The van der Waals surface area contributed by atoms with Crippen molar-refractivity contribution in [2.24, 2.45) is 0 Å². The molecule has 0 saturated heterocycles. The van der Waals surface area contributed by atoms with Crippen molar-refractivity contribution in [3.63, 3.8) is 0 Å². The Morgan fingerprint density at radius 2 is 0.909 bits per heavy atom. The first-order valence-electron chi connectivity index (χ1n) is 14.6. The van der Waals surface area contributed by atoms with Crippen LogP contribution in [0.15, 0.2) is 161 Å². The van der Waals surface area contributed by atoms with Gasteiger partial charge in [-0.2, -0.15) is 0 Å². The van der Waals surface area contributed by atoms with Gasteiger partial charge in [0.15, 0.2) is 0 Å². The third-order valence-electron chi connectivity index (χ3n) is 7.07. The molecule has 0 unspecified atom stereocenters. The molecule has 44 heavy (non-hydrogen) atoms. The van der Waals surface area contributed by atoms with Crippen molar-refractivity contribution in [1.82, 2.24) is 0 Å². The predicted molar refractivity (Wildman–Crippen MR) is 176 cm³/mol. The number of phenols is 1. The van der Waals surface area contributed by atoms with Crippen molar-refractivity contribution < 1.29 is 29.1 Å². The summed E-state index contributed by atoms with van der Waals surface area (Å²) in [4.78, 5) is 3.93. The Bertz CT molecular complexity index is 2050. The number of fused-ring (bicyclic) bond motifs is 5. The van der Waals surface area contributed by atoms with Gasteiger partial charge in [0.1, 0.15) is 5.75 Å². The summed E-state index contributed by atoms with van der Waals surface area (Å²) in [6.07, 6.45) is 0. The molecule has 0 aromatic heterocycles. The average Bonchev–Trinajstić information content (AvgIpc) is 3.31. The first-order chi connectivity index (χ1) is 21.8. The second kappa shape index (κ2) is 14.5. The molecule has 6 aromatic carbocycles. The van der Waals surface area contributed by atoms with E-state index in [1.807, 2.05) is 72.8 Å². The number of para-hydroxylation sites is 1. The summed E-state index contributed by atoms with van der Waals surface area (Å²) in [5.41, 5.74) is 3.55. The van der Waals surface area contributed by atoms with Crippen LogP contribution in [0.3, 0.4) is 0 Å². The third-order valence-corrected chi connectivity index (χ3v) is 8.94. The molecule has 6 nitrogen and oxygen atoms in total. The highest BCUT2D eigenvalue weighted by atomic mass is 32.2. The van der Waals surface area contributed by atoms with Gasteiger partial charge in [-0.15, -0.1) is 0 Å². The summed E-state index contributed by atoms with van der Waals surface area (Å²) in [5, 5.41) is 22.4. The number of phenolic OH excluding ortho intramolecular Hbond substituents is 1. The smallest absolute Gasteiger partial charge is 0.305 e. The zero-order valence-corrected chi connectivity index (χ0v) is 24.4. The number of rotatable bonds is 2. The maximum atomic E-state index is 12.1. The van der Waals surface area contributed by atoms with Crippen LogP contribution in [0.1, 0.15) is 0 Å². The second-order valence-electron chi connectivity index (χ2n) is 9.58. The number of benzene rings is 6. The van der Waals surface area contributed by atoms with E-state index in [-0.39, 0.29) is 5.48 Å². The van der Waals surface area contributed by atoms with Gasteiger partial charge < -0.3 is 15.4 Å². The molecule has 5 N–H and O–H groups in total. The van der Waals surface area contributed by atoms with Crippen LogP contribution in [0.25, 0.3) is 22.3 Å². The van der Waals surface area contributed by atoms with Crippen molar-refractivity contribution >= 4 is 17.8 Å². The highest BCUT2D eigenvalue weighted by molar-refractivity contribution is 7.92. The van der Waals surface area contributed by atoms with Gasteiger partial charge in [-0.3, -0.25) is 5.26 Å². The molecule has 8 heteroatoms. The van der Waals surface area contributed by atoms with Crippen LogP contribution in [-0.4, -0.2) is 29.4 Å². The molecular formula is C36H32BO6S+. The number of sulfone groups is 1. The fourth-order valence-corrected chi connectivity index (χ4v) is 6.83. The van der Waals surface area contributed by atoms with E-state index < -0.39 is 17.8 Å². The van der Waals surface area contributed by atoms with E-state index in [0.29, 0.717) is 15.5 Å². The van der Waals surface area contributed by atoms with Crippen LogP contribution in [-0.2, 0) is 20.1 Å². The minimum absolute atomic E-state index is 0. The Labute approximate surface area is 259 Å². The summed E-state index contributed by atoms with van der Waals surface area (Å²) in [5.74, 6) is 0.328. The Morgan fingerprint density at radius 3 is 1.32 bits per heavy atom. The highest BCUT2D eigenvalue weighted by Crippen LogP contribution is 2.42. The van der Waals surface area contributed by atoms with Crippen molar-refractivity contribution in [1.29, 1.82) is 2.67 Å². The molecule has 0 amide bonds. The summed E-state index contributed by atoms with van der Waals surface area (Å²) in [7, 11) is -4.83. The molecule has 1 aliphatic carbocycles. The van der Waals surface area contributed by atoms with Crippen LogP contribution in [0, 0.1) is 20.9 Å². The van der Waals surface area contributed by atoms with E-state index in [9.17, 15) is 13.5 Å². The summed E-state index contributed by atoms with van der Waals surface area (Å²) < 4.78 is 36.2. The molecule has 1 heterocycles. The molecule has 0 saturated carbocycles. The van der Waals surface area contributed by atoms with Gasteiger partial charge in [0.2, 0.25) is 9.84 Å². The maximum Gasteiger partial charge on any atom is 0.305 e. The third kappa shape index (κ3) is 6.49. The fraction of sp³-hybridized carbons (Fsp3) is 0. The normalized spacial score (nSPS) is 12.3. The first-order valence-corrected chi connectivity index (χ1v) is 14.9. The van der Waals surface area contributed by atoms with E-state index in [1.54, 1.807) is 30.3 Å². The van der Waals surface area contributed by atoms with Gasteiger partial charge in [-0.25, -0.2) is 8.42 Å². The monoisotopic (exact) mass is 606 g/mol. The molecular weight excluding hydrogens is 571 g/mol. The van der Waals surface area contributed by atoms with Crippen LogP contribution < -0.4 is 0 Å². The standard InChI is InChI=1S/C12H8O2S.C12H10O.C12H8.BH3O2.H2O/c13-15(14)11-7-3-1-5-9(11)10-6-2-4-8-12(10)15;13-12-9-5-4-8-11(12)10-6-2-1-3-7-10;1-2-6-10-9(5-1)11-7-3-4-8-12(10)11;1-3-2;/h1-8H;1-9,13H;1-8H;2H,1H2;1H2/p+1/i;;;1TD;. The summed E-state index contributed by atoms with van der Waals surface area (Å²) in [6, 6.07) is 48.5. The second-order valence-corrected chi connectivity index (χ2v) is 11.5. The lowest BCUT2D eigenvalue weighted by atomic mass is 10.0. The van der Waals surface area contributed by atoms with Gasteiger partial charge in [-0.05, 0) is 44.6 Å². The molecule has 0 spiro atoms. The van der Waals surface area contributed by atoms with Crippen molar-refractivity contribution in [2.45, 2.75) is 9.79 Å². The quantitative estimate of drug-likeness (QED) is 0.105. The van der Waals surface area contributed by atoms with Crippen LogP contribution in [0.4, 0.5) is 0 Å². The molecule has 0 bridgehead atoms. The number of hydrogen-bond acceptors (Lipinski definition) is 5. The Kier molecular flexibility index (Phi) is 9.56. The number of hydrogen-bond donors (Lipinski definition) is 2. The molecule has 0 radical (unpaired) electrons. The largest absolute Gasteiger partial charge is 0.507 e. The summed E-state index contributed by atoms with van der Waals surface area (Å²) in [6.45, 7) is 0. The molecule has 220 valence electrons. The minimum atomic E-state index is -3.26. The van der Waals surface area contributed by atoms with E-state index >= 15 is 0 Å². The van der Waals surface area contributed by atoms with Crippen molar-refractivity contribution in [2.75, 3.05) is 0 Å². The van der Waals surface area contributed by atoms with Gasteiger partial charge in [0.05, 0.1) is 9.79 Å². The molecule has 1 aliphatic heterocycles. The van der Waals surface area contributed by atoms with Crippen LogP contribution >= 0.6 is 0 Å². The van der Waals surface area contributed by atoms with Gasteiger partial charge in [0.25, 0.3) is 0 Å². The lowest BCUT2D eigenvalue weighted by Crippen LogP contribution is -1.95. The lowest BCUT2D eigenvalue weighted by molar-refractivity contribution is -0.131. The highest BCUT2D eigenvalue weighted by Gasteiger charge is 2.31. The number of aromatic hydroxyl groups is 1. The minimum Gasteiger partial charge on any atom is -0.507 e. The molecule has 0 atom stereocenters. The van der Waals surface area contributed by atoms with Crippen molar-refractivity contribution in [3.05, 3.63) is 173 Å². The maximum absolute atomic E-state index is 12.1. The topological polar surface area (TPSA) is 117 Å². The Balaban J connectivity index is 0.000000145. The van der Waals surface area contributed by atoms with E-state index in [1.165, 1.54) is 20.9 Å². The lowest BCUT2D eigenvalue weighted by Gasteiger charge is -2.02. The Morgan fingerprint density at radius 1 is 0.568 bits per heavy atom. The van der Waals surface area contributed by atoms with Gasteiger partial charge in [0, 0.05) is 19.4 Å². The molecule has 2 aliphatic rings. The van der Waals surface area contributed by atoms with E-state index in [2.05, 4.69) is 53.3 Å². The SMILES string of the molecule is O=S1(=O)c2ccccc2-c2ccccc21.Oc1ccccc1-c1ccccc1.[2H]B([3H])OO.[OH3+].c1ccc2c(c1)=c1ccccc1=2. The zero-order chi connectivity index (χ0) is 31.8. The molecule has 8 rings (SSSR count). The first kappa shape index (κ1) is 29.1. The zero-order valence-electron chi connectivity index (χ0n) is 25.6. The van der Waals surface area contributed by atoms with Crippen LogP contribution in [0.5, 0.6) is 5.75 Å². The van der Waals surface area contributed by atoms with Gasteiger partial charge in [-0.1, -0.05) is 133 Å². The van der Waals surface area contributed by atoms with Gasteiger partial charge >= 0.3 is 7.98 Å². The van der Waals surface area contributed by atoms with E-state index in [4.69, 9.17) is 7.93 Å².